The van der Waals surface area contributed by atoms with Crippen LogP contribution in [-0.4, -0.2) is 87.5 Å². The van der Waals surface area contributed by atoms with Crippen LogP contribution < -0.4 is 5.32 Å². The summed E-state index contributed by atoms with van der Waals surface area (Å²) < 4.78 is 0.572. The highest BCUT2D eigenvalue weighted by molar-refractivity contribution is 8.03. The molecule has 3 heterocycles. The third-order valence-electron chi connectivity index (χ3n) is 6.84. The number of nitrogens with zero attached hydrogens (tertiary/aromatic N) is 2. The van der Waals surface area contributed by atoms with Gasteiger partial charge in [0.15, 0.2) is 6.04 Å². The zero-order valence-electron chi connectivity index (χ0n) is 17.3. The van der Waals surface area contributed by atoms with Crippen LogP contribution in [0.25, 0.3) is 0 Å². The second-order valence-electron chi connectivity index (χ2n) is 9.51. The molecule has 3 N–H and O–H groups in total. The Morgan fingerprint density at radius 2 is 1.97 bits per heavy atom. The van der Waals surface area contributed by atoms with Crippen LogP contribution in [0.1, 0.15) is 33.1 Å². The molecule has 5 unspecified atom stereocenters. The highest BCUT2D eigenvalue weighted by Gasteiger charge is 2.60. The van der Waals surface area contributed by atoms with E-state index in [0.29, 0.717) is 21.9 Å². The normalized spacial score (nSPS) is 36.7. The molecule has 160 valence electrons. The average molecular weight is 425 g/mol. The molecule has 3 fully saturated rings. The zero-order chi connectivity index (χ0) is 21.2. The number of likely N-dealkylation sites (N-methyl/N-ethyl adjacent to an activating group) is 1. The first-order valence-corrected chi connectivity index (χ1v) is 11.2. The molecule has 4 aliphatic rings. The van der Waals surface area contributed by atoms with Crippen molar-refractivity contribution in [2.24, 2.45) is 11.8 Å². The third kappa shape index (κ3) is 3.37. The minimum atomic E-state index is -1.10. The Kier molecular flexibility index (Phi) is 4.99. The van der Waals surface area contributed by atoms with Crippen LogP contribution in [0, 0.1) is 11.8 Å². The van der Waals surface area contributed by atoms with Gasteiger partial charge in [-0.2, -0.15) is 0 Å². The molecule has 6 atom stereocenters. The second-order valence-corrected chi connectivity index (χ2v) is 10.8. The molecule has 3 aliphatic heterocycles. The molecule has 0 aromatic heterocycles. The Balaban J connectivity index is 1.53. The topological polar surface area (TPSA) is 107 Å². The van der Waals surface area contributed by atoms with Crippen LogP contribution in [-0.2, 0) is 14.4 Å². The summed E-state index contributed by atoms with van der Waals surface area (Å²) in [6.45, 7) is 4.28. The Labute approximate surface area is 174 Å². The van der Waals surface area contributed by atoms with E-state index >= 15 is 0 Å². The number of fused-ring (bicyclic) bond motifs is 1. The molecule has 29 heavy (non-hydrogen) atoms. The van der Waals surface area contributed by atoms with Crippen molar-refractivity contribution in [3.05, 3.63) is 10.6 Å². The maximum absolute atomic E-state index is 12.7. The van der Waals surface area contributed by atoms with Gasteiger partial charge in [0.2, 0.25) is 5.91 Å². The molecule has 8 nitrogen and oxygen atoms in total. The number of aliphatic carboxylic acids is 1. The Bertz CT molecular complexity index is 791. The van der Waals surface area contributed by atoms with E-state index in [1.54, 1.807) is 6.92 Å². The van der Waals surface area contributed by atoms with Gasteiger partial charge in [-0.15, -0.1) is 11.8 Å². The lowest BCUT2D eigenvalue weighted by molar-refractivity contribution is -0.892. The number of aliphatic hydroxyl groups excluding tert-OH is 1. The van der Waals surface area contributed by atoms with Crippen LogP contribution in [0.15, 0.2) is 10.6 Å². The third-order valence-corrected chi connectivity index (χ3v) is 8.33. The minimum Gasteiger partial charge on any atom is -0.477 e. The number of hydrogen-bond acceptors (Lipinski definition) is 5. The molecule has 0 spiro atoms. The number of carboxylic acid groups (broad SMARTS) is 1. The summed E-state index contributed by atoms with van der Waals surface area (Å²) in [5.74, 6) is -2.02. The molecule has 4 rings (SSSR count). The van der Waals surface area contributed by atoms with Crippen LogP contribution in [0.3, 0.4) is 0 Å². The van der Waals surface area contributed by atoms with Gasteiger partial charge in [-0.25, -0.2) is 4.79 Å². The number of carbonyl (C=O) groups excluding carboxylic acids is 2. The molecule has 0 radical (unpaired) electrons. The fraction of sp³-hybridized carbons (Fsp3) is 0.750. The highest BCUT2D eigenvalue weighted by atomic mass is 32.2. The molecule has 1 saturated carbocycles. The fourth-order valence-corrected chi connectivity index (χ4v) is 6.90. The van der Waals surface area contributed by atoms with E-state index in [9.17, 15) is 24.6 Å². The summed E-state index contributed by atoms with van der Waals surface area (Å²) in [7, 11) is 4.09. The van der Waals surface area contributed by atoms with Gasteiger partial charge in [0.1, 0.15) is 5.70 Å². The fourth-order valence-electron chi connectivity index (χ4n) is 5.15. The monoisotopic (exact) mass is 424 g/mol. The van der Waals surface area contributed by atoms with Crippen molar-refractivity contribution in [1.82, 2.24) is 10.2 Å². The Morgan fingerprint density at radius 1 is 1.31 bits per heavy atom. The van der Waals surface area contributed by atoms with Crippen LogP contribution >= 0.6 is 11.8 Å². The maximum Gasteiger partial charge on any atom is 0.353 e. The van der Waals surface area contributed by atoms with E-state index in [4.69, 9.17) is 0 Å². The Hall–Kier alpha value is -1.58. The zero-order valence-corrected chi connectivity index (χ0v) is 18.1. The SMILES string of the molecule is CC(O)C1C(=O)N2C(C(=O)O)=C(SC3CC(C(=O)NC4CC4)[N+](C)(C)C3)C(C)[C@@H]12. The summed E-state index contributed by atoms with van der Waals surface area (Å²) in [4.78, 5) is 39.2. The van der Waals surface area contributed by atoms with E-state index in [1.165, 1.54) is 16.7 Å². The van der Waals surface area contributed by atoms with Crippen molar-refractivity contribution in [1.29, 1.82) is 0 Å². The number of carboxylic acids is 1. The van der Waals surface area contributed by atoms with E-state index in [1.807, 2.05) is 21.0 Å². The van der Waals surface area contributed by atoms with Gasteiger partial charge in [0, 0.05) is 23.3 Å². The molecular weight excluding hydrogens is 394 g/mol. The predicted molar refractivity (Wildman–Crippen MR) is 108 cm³/mol. The van der Waals surface area contributed by atoms with Crippen LogP contribution in [0.2, 0.25) is 0 Å². The number of quaternary nitrogens is 1. The van der Waals surface area contributed by atoms with Crippen LogP contribution in [0.4, 0.5) is 0 Å². The number of rotatable bonds is 6. The summed E-state index contributed by atoms with van der Waals surface area (Å²) in [6.07, 6.45) is 1.97. The quantitative estimate of drug-likeness (QED) is 0.420. The number of thioether (sulfide) groups is 1. The van der Waals surface area contributed by atoms with Gasteiger partial charge in [0.25, 0.3) is 5.91 Å². The molecular formula is C20H30N3O5S+. The molecule has 0 aromatic rings. The van der Waals surface area contributed by atoms with Gasteiger partial charge in [0.05, 0.1) is 44.0 Å². The summed E-state index contributed by atoms with van der Waals surface area (Å²) in [6, 6.07) is -0.131. The van der Waals surface area contributed by atoms with Gasteiger partial charge in [-0.1, -0.05) is 6.92 Å². The first kappa shape index (κ1) is 20.7. The highest BCUT2D eigenvalue weighted by Crippen LogP contribution is 2.52. The lowest BCUT2D eigenvalue weighted by Gasteiger charge is -2.46. The number of nitrogens with one attached hydrogen (secondary N) is 1. The number of aliphatic hydroxyl groups is 1. The summed E-state index contributed by atoms with van der Waals surface area (Å²) >= 11 is 1.51. The molecule has 2 saturated heterocycles. The maximum atomic E-state index is 12.7. The number of amides is 2. The van der Waals surface area contributed by atoms with Gasteiger partial charge in [-0.3, -0.25) is 9.59 Å². The van der Waals surface area contributed by atoms with Crippen molar-refractivity contribution >= 4 is 29.5 Å². The molecule has 1 aliphatic carbocycles. The minimum absolute atomic E-state index is 0.0607. The van der Waals surface area contributed by atoms with E-state index in [-0.39, 0.29) is 40.8 Å². The smallest absolute Gasteiger partial charge is 0.353 e. The second kappa shape index (κ2) is 6.99. The number of β-lactam (4-membered cyclic amide) rings is 1. The molecule has 2 amide bonds. The van der Waals surface area contributed by atoms with Crippen molar-refractivity contribution in [3.63, 3.8) is 0 Å². The largest absolute Gasteiger partial charge is 0.477 e. The molecule has 0 aromatic carbocycles. The summed E-state index contributed by atoms with van der Waals surface area (Å²) in [5, 5.41) is 23.0. The van der Waals surface area contributed by atoms with E-state index in [0.717, 1.165) is 19.4 Å². The number of likely N-dealkylation sites (tertiary alicyclic amines) is 1. The first-order chi connectivity index (χ1) is 13.5. The van der Waals surface area contributed by atoms with Crippen molar-refractivity contribution in [2.75, 3.05) is 20.6 Å². The van der Waals surface area contributed by atoms with Gasteiger partial charge >= 0.3 is 5.97 Å². The van der Waals surface area contributed by atoms with E-state index < -0.39 is 18.0 Å². The number of hydrogen-bond donors (Lipinski definition) is 3. The number of carbonyl (C=O) groups is 3. The first-order valence-electron chi connectivity index (χ1n) is 10.3. The van der Waals surface area contributed by atoms with Gasteiger partial charge in [-0.05, 0) is 19.8 Å². The lowest BCUT2D eigenvalue weighted by Crippen LogP contribution is -2.63. The van der Waals surface area contributed by atoms with Crippen molar-refractivity contribution in [3.8, 4) is 0 Å². The van der Waals surface area contributed by atoms with E-state index in [2.05, 4.69) is 5.32 Å². The predicted octanol–water partition coefficient (Wildman–Crippen LogP) is 0.369. The molecule has 0 bridgehead atoms. The lowest BCUT2D eigenvalue weighted by atomic mass is 9.79. The van der Waals surface area contributed by atoms with Crippen LogP contribution in [0.5, 0.6) is 0 Å². The van der Waals surface area contributed by atoms with Gasteiger partial charge < -0.3 is 24.9 Å². The Morgan fingerprint density at radius 3 is 2.52 bits per heavy atom. The standard InChI is InChI=1S/C20H29N3O5S/c1-9-15-14(10(2)24)19(26)22(15)16(20(27)28)17(9)29-12-7-13(23(3,4)8-12)18(25)21-11-5-6-11/h9-15,24H,5-8H2,1-4H3,(H-,21,25,27,28)/p+1/t9?,10?,12?,13?,14?,15-/m0/s1. The average Bonchev–Trinajstić information content (AvgIpc) is 3.30. The molecule has 9 heteroatoms. The summed E-state index contributed by atoms with van der Waals surface area (Å²) in [5.41, 5.74) is 0.0607. The van der Waals surface area contributed by atoms with Crippen molar-refractivity contribution in [2.45, 2.75) is 62.6 Å². The van der Waals surface area contributed by atoms with Crippen molar-refractivity contribution < 1.29 is 29.1 Å².